The number of carbonyl (C=O) groups excluding carboxylic acids is 1. The number of aromatic nitrogens is 2. The second-order valence-corrected chi connectivity index (χ2v) is 6.75. The van der Waals surface area contributed by atoms with Gasteiger partial charge in [-0.15, -0.1) is 12.4 Å². The Hall–Kier alpha value is -2.37. The zero-order valence-electron chi connectivity index (χ0n) is 15.4. The summed E-state index contributed by atoms with van der Waals surface area (Å²) in [6.45, 7) is 4.30. The molecule has 3 aromatic rings. The number of hydrogen-bond acceptors (Lipinski definition) is 4. The van der Waals surface area contributed by atoms with E-state index in [2.05, 4.69) is 4.98 Å². The first kappa shape index (κ1) is 19.4. The minimum Gasteiger partial charge on any atom is -0.490 e. The summed E-state index contributed by atoms with van der Waals surface area (Å²) in [6.07, 6.45) is 2.19. The number of rotatable bonds is 5. The molecule has 6 heteroatoms. The van der Waals surface area contributed by atoms with Crippen molar-refractivity contribution in [3.63, 3.8) is 0 Å². The highest BCUT2D eigenvalue weighted by Gasteiger charge is 2.33. The number of carbonyl (C=O) groups is 1. The van der Waals surface area contributed by atoms with Gasteiger partial charge in [0.2, 0.25) is 0 Å². The highest BCUT2D eigenvalue weighted by molar-refractivity contribution is 5.97. The van der Waals surface area contributed by atoms with Crippen LogP contribution < -0.4 is 4.74 Å². The van der Waals surface area contributed by atoms with Crippen molar-refractivity contribution in [1.82, 2.24) is 9.38 Å². The van der Waals surface area contributed by atoms with Gasteiger partial charge in [0.1, 0.15) is 5.69 Å². The minimum absolute atomic E-state index is 0. The summed E-state index contributed by atoms with van der Waals surface area (Å²) >= 11 is 0. The van der Waals surface area contributed by atoms with Crippen LogP contribution >= 0.6 is 12.4 Å². The minimum atomic E-state index is -0.519. The monoisotopic (exact) mass is 386 g/mol. The molecule has 2 heterocycles. The van der Waals surface area contributed by atoms with Crippen LogP contribution in [0.3, 0.4) is 0 Å². The van der Waals surface area contributed by atoms with Gasteiger partial charge in [0.05, 0.1) is 18.4 Å². The summed E-state index contributed by atoms with van der Waals surface area (Å²) in [6, 6.07) is 11.7. The van der Waals surface area contributed by atoms with Crippen LogP contribution in [0.2, 0.25) is 0 Å². The number of imidazole rings is 1. The fraction of sp³-hybridized carbons (Fsp3) is 0.333. The van der Waals surface area contributed by atoms with Gasteiger partial charge in [0, 0.05) is 18.5 Å². The van der Waals surface area contributed by atoms with Gasteiger partial charge in [-0.05, 0) is 43.5 Å². The standard InChI is InChI=1S/C21H22N2O3.ClH/c1-3-26-19-9-6-10-23-20(13(2)22-21(19)23)18(25)12-16-15-8-5-4-7-14(15)11-17(16)24;/h4-10,16-17,24H,3,11-12H2,1-2H3;1H/t16-,17+;/m1./s1. The summed E-state index contributed by atoms with van der Waals surface area (Å²) < 4.78 is 7.43. The normalized spacial score (nSPS) is 18.2. The molecule has 2 aromatic heterocycles. The van der Waals surface area contributed by atoms with Crippen molar-refractivity contribution in [2.24, 2.45) is 0 Å². The SMILES string of the molecule is CCOc1cccn2c(C(=O)C[C@@H]3c4ccccc4C[C@@H]3O)c(C)nc12.Cl. The molecule has 1 aromatic carbocycles. The molecule has 0 fully saturated rings. The summed E-state index contributed by atoms with van der Waals surface area (Å²) in [4.78, 5) is 17.7. The van der Waals surface area contributed by atoms with E-state index in [4.69, 9.17) is 4.74 Å². The summed E-state index contributed by atoms with van der Waals surface area (Å²) in [5.41, 5.74) is 4.12. The zero-order chi connectivity index (χ0) is 18.3. The number of nitrogens with zero attached hydrogens (tertiary/aromatic N) is 2. The average molecular weight is 387 g/mol. The van der Waals surface area contributed by atoms with Crippen LogP contribution in [0.4, 0.5) is 0 Å². The molecule has 1 N–H and O–H groups in total. The molecule has 5 nitrogen and oxygen atoms in total. The average Bonchev–Trinajstić information content (AvgIpc) is 3.12. The number of halogens is 1. The smallest absolute Gasteiger partial charge is 0.182 e. The molecule has 27 heavy (non-hydrogen) atoms. The van der Waals surface area contributed by atoms with Gasteiger partial charge in [0.15, 0.2) is 17.2 Å². The predicted octanol–water partition coefficient (Wildman–Crippen LogP) is 3.74. The molecule has 4 rings (SSSR count). The van der Waals surface area contributed by atoms with Crippen molar-refractivity contribution in [3.8, 4) is 5.75 Å². The zero-order valence-corrected chi connectivity index (χ0v) is 16.2. The van der Waals surface area contributed by atoms with Crippen LogP contribution in [-0.2, 0) is 6.42 Å². The Morgan fingerprint density at radius 2 is 2.07 bits per heavy atom. The van der Waals surface area contributed by atoms with Crippen molar-refractivity contribution in [2.45, 2.75) is 38.7 Å². The molecule has 0 amide bonds. The number of aliphatic hydroxyl groups is 1. The lowest BCUT2D eigenvalue weighted by Gasteiger charge is -2.15. The van der Waals surface area contributed by atoms with Crippen LogP contribution in [0.25, 0.3) is 5.65 Å². The van der Waals surface area contributed by atoms with Crippen LogP contribution in [0.1, 0.15) is 46.6 Å². The highest BCUT2D eigenvalue weighted by Crippen LogP contribution is 2.37. The van der Waals surface area contributed by atoms with E-state index in [1.54, 1.807) is 4.40 Å². The number of benzene rings is 1. The maximum absolute atomic E-state index is 13.1. The van der Waals surface area contributed by atoms with Gasteiger partial charge in [-0.25, -0.2) is 4.98 Å². The maximum atomic E-state index is 13.1. The molecule has 0 bridgehead atoms. The lowest BCUT2D eigenvalue weighted by molar-refractivity contribution is 0.0915. The van der Waals surface area contributed by atoms with Crippen molar-refractivity contribution in [1.29, 1.82) is 0 Å². The van der Waals surface area contributed by atoms with E-state index in [9.17, 15) is 9.90 Å². The third kappa shape index (κ3) is 3.33. The van der Waals surface area contributed by atoms with Gasteiger partial charge in [-0.3, -0.25) is 9.20 Å². The fourth-order valence-corrected chi connectivity index (χ4v) is 3.96. The van der Waals surface area contributed by atoms with Crippen molar-refractivity contribution < 1.29 is 14.6 Å². The molecule has 0 aliphatic heterocycles. The Balaban J connectivity index is 0.00000210. The maximum Gasteiger partial charge on any atom is 0.182 e. The summed E-state index contributed by atoms with van der Waals surface area (Å²) in [5.74, 6) is 0.492. The van der Waals surface area contributed by atoms with Gasteiger partial charge < -0.3 is 9.84 Å². The number of pyridine rings is 1. The third-order valence-corrected chi connectivity index (χ3v) is 5.11. The van der Waals surface area contributed by atoms with Gasteiger partial charge in [-0.1, -0.05) is 24.3 Å². The van der Waals surface area contributed by atoms with Crippen LogP contribution in [0, 0.1) is 6.92 Å². The molecule has 1 aliphatic rings. The van der Waals surface area contributed by atoms with E-state index in [1.807, 2.05) is 56.4 Å². The predicted molar refractivity (Wildman–Crippen MR) is 106 cm³/mol. The Morgan fingerprint density at radius 3 is 2.85 bits per heavy atom. The topological polar surface area (TPSA) is 63.8 Å². The first-order valence-corrected chi connectivity index (χ1v) is 8.99. The van der Waals surface area contributed by atoms with Gasteiger partial charge >= 0.3 is 0 Å². The number of hydrogen-bond donors (Lipinski definition) is 1. The molecule has 1 aliphatic carbocycles. The number of ketones is 1. The molecule has 2 atom stereocenters. The lowest BCUT2D eigenvalue weighted by atomic mass is 9.93. The first-order chi connectivity index (χ1) is 12.6. The molecule has 0 saturated carbocycles. The highest BCUT2D eigenvalue weighted by atomic mass is 35.5. The van der Waals surface area contributed by atoms with Crippen LogP contribution in [0.15, 0.2) is 42.6 Å². The quantitative estimate of drug-likeness (QED) is 0.678. The number of Topliss-reactive ketones (excluding diaryl/α,β-unsaturated/α-hetero) is 1. The molecule has 0 saturated heterocycles. The number of ether oxygens (including phenoxy) is 1. The molecular formula is C21H23ClN2O3. The molecule has 142 valence electrons. The number of aliphatic hydroxyl groups excluding tert-OH is 1. The number of fused-ring (bicyclic) bond motifs is 2. The molecule has 0 radical (unpaired) electrons. The second kappa shape index (κ2) is 7.71. The number of aryl methyl sites for hydroxylation is 1. The summed E-state index contributed by atoms with van der Waals surface area (Å²) in [5, 5.41) is 10.5. The van der Waals surface area contributed by atoms with E-state index in [0.717, 1.165) is 11.1 Å². The lowest BCUT2D eigenvalue weighted by Crippen LogP contribution is -2.18. The van der Waals surface area contributed by atoms with Crippen molar-refractivity contribution in [2.75, 3.05) is 6.61 Å². The van der Waals surface area contributed by atoms with Crippen molar-refractivity contribution in [3.05, 3.63) is 65.1 Å². The van der Waals surface area contributed by atoms with E-state index >= 15 is 0 Å². The summed E-state index contributed by atoms with van der Waals surface area (Å²) in [7, 11) is 0. The van der Waals surface area contributed by atoms with Gasteiger partial charge in [0.25, 0.3) is 0 Å². The largest absolute Gasteiger partial charge is 0.490 e. The van der Waals surface area contributed by atoms with E-state index < -0.39 is 6.10 Å². The van der Waals surface area contributed by atoms with Crippen molar-refractivity contribution >= 4 is 23.8 Å². The molecular weight excluding hydrogens is 364 g/mol. The van der Waals surface area contributed by atoms with E-state index in [0.29, 0.717) is 35.8 Å². The Kier molecular flexibility index (Phi) is 5.53. The fourth-order valence-electron chi connectivity index (χ4n) is 3.96. The Labute approximate surface area is 164 Å². The Morgan fingerprint density at radius 1 is 1.30 bits per heavy atom. The third-order valence-electron chi connectivity index (χ3n) is 5.11. The van der Waals surface area contributed by atoms with E-state index in [-0.39, 0.29) is 30.5 Å². The first-order valence-electron chi connectivity index (χ1n) is 8.99. The van der Waals surface area contributed by atoms with Crippen LogP contribution in [0.5, 0.6) is 5.75 Å². The van der Waals surface area contributed by atoms with Gasteiger partial charge in [-0.2, -0.15) is 0 Å². The van der Waals surface area contributed by atoms with E-state index in [1.165, 1.54) is 0 Å². The van der Waals surface area contributed by atoms with Crippen LogP contribution in [-0.4, -0.2) is 33.0 Å². The molecule has 0 spiro atoms. The Bertz CT molecular complexity index is 983. The molecule has 0 unspecified atom stereocenters. The second-order valence-electron chi connectivity index (χ2n) is 6.75.